The summed E-state index contributed by atoms with van der Waals surface area (Å²) in [5, 5.41) is 9.04. The van der Waals surface area contributed by atoms with Crippen LogP contribution in [0.15, 0.2) is 12.4 Å². The van der Waals surface area contributed by atoms with Crippen molar-refractivity contribution in [2.24, 2.45) is 12.5 Å². The summed E-state index contributed by atoms with van der Waals surface area (Å²) in [6.45, 7) is 4.74. The molecule has 1 aromatic rings. The minimum atomic E-state index is 0.155. The van der Waals surface area contributed by atoms with Crippen molar-refractivity contribution in [3.63, 3.8) is 0 Å². The van der Waals surface area contributed by atoms with E-state index in [1.807, 2.05) is 24.3 Å². The fraction of sp³-hybridized carbons (Fsp3) is 0.765. The van der Waals surface area contributed by atoms with E-state index in [1.54, 1.807) is 0 Å². The number of likely N-dealkylation sites (tertiary alicyclic amines) is 2. The number of aliphatic hydroxyl groups excluding tert-OH is 1. The molecular weight excluding hydrogens is 292 g/mol. The van der Waals surface area contributed by atoms with Crippen LogP contribution in [0.5, 0.6) is 0 Å². The highest BCUT2D eigenvalue weighted by molar-refractivity contribution is 5.77. The molecule has 1 N–H and O–H groups in total. The maximum Gasteiger partial charge on any atom is 0.222 e. The topological polar surface area (TPSA) is 61.6 Å². The van der Waals surface area contributed by atoms with Crippen LogP contribution in [-0.2, 0) is 18.4 Å². The van der Waals surface area contributed by atoms with E-state index in [-0.39, 0.29) is 17.9 Å². The van der Waals surface area contributed by atoms with Crippen molar-refractivity contribution < 1.29 is 9.90 Å². The first-order valence-corrected chi connectivity index (χ1v) is 8.69. The molecule has 2 aliphatic rings. The first-order chi connectivity index (χ1) is 11.1. The lowest BCUT2D eigenvalue weighted by Crippen LogP contribution is -2.54. The van der Waals surface area contributed by atoms with Crippen LogP contribution in [0.3, 0.4) is 0 Å². The summed E-state index contributed by atoms with van der Waals surface area (Å²) in [7, 11) is 2.04. The number of aryl methyl sites for hydroxylation is 1. The van der Waals surface area contributed by atoms with Crippen LogP contribution in [0.2, 0.25) is 0 Å². The number of aliphatic hydroxyl groups is 1. The molecule has 2 saturated heterocycles. The van der Waals surface area contributed by atoms with E-state index in [1.165, 1.54) is 12.8 Å². The SMILES string of the molecule is Cn1ccnc1CN1CCC[C@@]2(CCC(=O)N(CCCO)C2)C1. The molecule has 3 rings (SSSR count). The number of carbonyl (C=O) groups is 1. The Morgan fingerprint density at radius 3 is 2.96 bits per heavy atom. The van der Waals surface area contributed by atoms with E-state index in [4.69, 9.17) is 5.11 Å². The minimum absolute atomic E-state index is 0.155. The summed E-state index contributed by atoms with van der Waals surface area (Å²) in [4.78, 5) is 21.0. The number of hydrogen-bond acceptors (Lipinski definition) is 4. The molecule has 0 bridgehead atoms. The van der Waals surface area contributed by atoms with Gasteiger partial charge in [-0.3, -0.25) is 9.69 Å². The Balaban J connectivity index is 1.64. The summed E-state index contributed by atoms with van der Waals surface area (Å²) < 4.78 is 2.08. The molecule has 128 valence electrons. The molecule has 3 heterocycles. The molecule has 0 aromatic carbocycles. The van der Waals surface area contributed by atoms with Gasteiger partial charge in [0.05, 0.1) is 6.54 Å². The lowest BCUT2D eigenvalue weighted by molar-refractivity contribution is -0.139. The van der Waals surface area contributed by atoms with Crippen LogP contribution in [-0.4, -0.2) is 63.2 Å². The number of nitrogens with zero attached hydrogens (tertiary/aromatic N) is 4. The van der Waals surface area contributed by atoms with E-state index in [0.717, 1.165) is 38.4 Å². The third kappa shape index (κ3) is 3.75. The van der Waals surface area contributed by atoms with Gasteiger partial charge in [-0.15, -0.1) is 0 Å². The van der Waals surface area contributed by atoms with Crippen molar-refractivity contribution in [2.45, 2.75) is 38.6 Å². The van der Waals surface area contributed by atoms with Crippen LogP contribution >= 0.6 is 0 Å². The summed E-state index contributed by atoms with van der Waals surface area (Å²) in [5.74, 6) is 1.36. The fourth-order valence-electron chi connectivity index (χ4n) is 4.09. The highest BCUT2D eigenvalue weighted by atomic mass is 16.3. The van der Waals surface area contributed by atoms with Crippen molar-refractivity contribution in [1.82, 2.24) is 19.4 Å². The van der Waals surface area contributed by atoms with Gasteiger partial charge in [-0.2, -0.15) is 0 Å². The Morgan fingerprint density at radius 1 is 1.35 bits per heavy atom. The predicted molar refractivity (Wildman–Crippen MR) is 87.7 cm³/mol. The number of hydrogen-bond donors (Lipinski definition) is 1. The maximum atomic E-state index is 12.1. The molecule has 0 radical (unpaired) electrons. The van der Waals surface area contributed by atoms with Gasteiger partial charge in [0.25, 0.3) is 0 Å². The molecule has 1 spiro atoms. The van der Waals surface area contributed by atoms with Crippen molar-refractivity contribution in [3.8, 4) is 0 Å². The molecule has 23 heavy (non-hydrogen) atoms. The van der Waals surface area contributed by atoms with E-state index in [0.29, 0.717) is 19.4 Å². The quantitative estimate of drug-likeness (QED) is 0.879. The number of imidazole rings is 1. The Bertz CT molecular complexity index is 544. The monoisotopic (exact) mass is 320 g/mol. The second-order valence-corrected chi connectivity index (χ2v) is 7.16. The summed E-state index contributed by atoms with van der Waals surface area (Å²) >= 11 is 0. The third-order valence-corrected chi connectivity index (χ3v) is 5.36. The molecule has 2 aliphatic heterocycles. The highest BCUT2D eigenvalue weighted by Gasteiger charge is 2.41. The second-order valence-electron chi connectivity index (χ2n) is 7.16. The van der Waals surface area contributed by atoms with Crippen molar-refractivity contribution in [2.75, 3.05) is 32.8 Å². The zero-order valence-electron chi connectivity index (χ0n) is 14.1. The average molecular weight is 320 g/mol. The Morgan fingerprint density at radius 2 is 2.22 bits per heavy atom. The van der Waals surface area contributed by atoms with Gasteiger partial charge in [-0.1, -0.05) is 0 Å². The van der Waals surface area contributed by atoms with Gasteiger partial charge in [0.15, 0.2) is 0 Å². The van der Waals surface area contributed by atoms with E-state index in [2.05, 4.69) is 14.5 Å². The zero-order valence-corrected chi connectivity index (χ0v) is 14.1. The second kappa shape index (κ2) is 7.01. The van der Waals surface area contributed by atoms with Gasteiger partial charge in [0.1, 0.15) is 5.82 Å². The smallest absolute Gasteiger partial charge is 0.222 e. The van der Waals surface area contributed by atoms with E-state index >= 15 is 0 Å². The average Bonchev–Trinajstić information content (AvgIpc) is 2.94. The molecule has 0 aliphatic carbocycles. The molecule has 1 aromatic heterocycles. The molecule has 1 amide bonds. The van der Waals surface area contributed by atoms with Crippen molar-refractivity contribution in [1.29, 1.82) is 0 Å². The Kier molecular flexibility index (Phi) is 5.02. The van der Waals surface area contributed by atoms with Crippen molar-refractivity contribution >= 4 is 5.91 Å². The normalized spacial score (nSPS) is 26.2. The van der Waals surface area contributed by atoms with Crippen LogP contribution in [0.25, 0.3) is 0 Å². The largest absolute Gasteiger partial charge is 0.396 e. The summed E-state index contributed by atoms with van der Waals surface area (Å²) in [6, 6.07) is 0. The maximum absolute atomic E-state index is 12.1. The lowest BCUT2D eigenvalue weighted by Gasteiger charge is -2.48. The molecule has 0 unspecified atom stereocenters. The number of aromatic nitrogens is 2. The number of rotatable bonds is 5. The first kappa shape index (κ1) is 16.5. The van der Waals surface area contributed by atoms with Crippen LogP contribution in [0.4, 0.5) is 0 Å². The number of piperidine rings is 2. The van der Waals surface area contributed by atoms with Gasteiger partial charge in [-0.05, 0) is 32.2 Å². The molecule has 1 atom stereocenters. The van der Waals surface area contributed by atoms with Gasteiger partial charge in [0.2, 0.25) is 5.91 Å². The Hall–Kier alpha value is -1.40. The molecular formula is C17H28N4O2. The van der Waals surface area contributed by atoms with Gasteiger partial charge in [-0.25, -0.2) is 4.98 Å². The van der Waals surface area contributed by atoms with Crippen LogP contribution in [0, 0.1) is 5.41 Å². The van der Waals surface area contributed by atoms with Gasteiger partial charge >= 0.3 is 0 Å². The van der Waals surface area contributed by atoms with Crippen molar-refractivity contribution in [3.05, 3.63) is 18.2 Å². The van der Waals surface area contributed by atoms with E-state index in [9.17, 15) is 4.79 Å². The summed E-state index contributed by atoms with van der Waals surface area (Å²) in [6.07, 6.45) is 8.56. The molecule has 6 heteroatoms. The number of amides is 1. The van der Waals surface area contributed by atoms with Crippen LogP contribution in [0.1, 0.15) is 37.9 Å². The number of carbonyl (C=O) groups excluding carboxylic acids is 1. The van der Waals surface area contributed by atoms with Crippen LogP contribution < -0.4 is 0 Å². The highest BCUT2D eigenvalue weighted by Crippen LogP contribution is 2.39. The first-order valence-electron chi connectivity index (χ1n) is 8.69. The van der Waals surface area contributed by atoms with Gasteiger partial charge < -0.3 is 14.6 Å². The molecule has 0 saturated carbocycles. The lowest BCUT2D eigenvalue weighted by atomic mass is 9.73. The molecule has 2 fully saturated rings. The minimum Gasteiger partial charge on any atom is -0.396 e. The Labute approximate surface area is 138 Å². The van der Waals surface area contributed by atoms with E-state index < -0.39 is 0 Å². The third-order valence-electron chi connectivity index (χ3n) is 5.36. The molecule has 6 nitrogen and oxygen atoms in total. The predicted octanol–water partition coefficient (Wildman–Crippen LogP) is 1.01. The summed E-state index contributed by atoms with van der Waals surface area (Å²) in [5.41, 5.74) is 0.229. The van der Waals surface area contributed by atoms with Gasteiger partial charge in [0, 0.05) is 57.5 Å². The fourth-order valence-corrected chi connectivity index (χ4v) is 4.09. The zero-order chi connectivity index (χ0) is 16.3. The standard InChI is InChI=1S/C17H28N4O2/c1-19-10-7-18-15(19)12-20-8-2-5-17(13-20)6-4-16(23)21(14-17)9-3-11-22/h7,10,22H,2-6,8-9,11-14H2,1H3/t17-/m1/s1.